The molecule has 0 atom stereocenters. The minimum atomic E-state index is -4.66. The Kier molecular flexibility index (Phi) is 27.6. The van der Waals surface area contributed by atoms with Gasteiger partial charge in [-0.2, -0.15) is 0 Å². The molecule has 0 fully saturated rings. The molecule has 2 radical (unpaired) electrons. The maximum atomic E-state index is 11.1. The molecule has 6 aromatic rings. The van der Waals surface area contributed by atoms with Gasteiger partial charge < -0.3 is 0 Å². The summed E-state index contributed by atoms with van der Waals surface area (Å²) in [6, 6.07) is 50.4. The fourth-order valence-corrected chi connectivity index (χ4v) is 15.3. The second-order valence-electron chi connectivity index (χ2n) is 13.7. The summed E-state index contributed by atoms with van der Waals surface area (Å²) in [6.45, 7) is 11.8. The molecule has 0 saturated heterocycles. The first-order valence-corrected chi connectivity index (χ1v) is 31.4. The normalized spacial score (nSPS) is 12.8. The summed E-state index contributed by atoms with van der Waals surface area (Å²) in [6.07, 6.45) is 4.07. The van der Waals surface area contributed by atoms with Crippen LogP contribution < -0.4 is 49.2 Å². The Hall–Kier alpha value is -1.34. The van der Waals surface area contributed by atoms with Crippen LogP contribution in [0.15, 0.2) is 180 Å². The molecule has 0 aliphatic carbocycles. The standard InChI is InChI=1S/2C14H14ClO4P.2C9H11NS2.2Au/c2*1-20(2,19-15(16,17)18,13-9-5-3-6-10-13)14-11-7-4-8-12-14;2*1-8-3-5-9(6-4-8)10-7-12-11-2;;/h2*3-12H,1-2H2;2*3-7H,1-2H3;;/q2*-2;;;;. The van der Waals surface area contributed by atoms with E-state index in [4.69, 9.17) is 8.15 Å². The summed E-state index contributed by atoms with van der Waals surface area (Å²) in [5.74, 6) is 0. The zero-order chi connectivity index (χ0) is 47.4. The number of halogens is 2. The maximum absolute atomic E-state index is 11.1. The Morgan fingerprint density at radius 1 is 0.424 bits per heavy atom. The van der Waals surface area contributed by atoms with Crippen LogP contribution >= 0.6 is 56.8 Å². The second kappa shape index (κ2) is 29.1. The predicted molar refractivity (Wildman–Crippen MR) is 263 cm³/mol. The molecule has 6 aromatic carbocycles. The number of rotatable bonds is 14. The van der Waals surface area contributed by atoms with E-state index in [1.807, 2.05) is 47.9 Å². The molecule has 20 heteroatoms. The molecule has 0 N–H and O–H groups in total. The Balaban J connectivity index is 0.000000448. The summed E-state index contributed by atoms with van der Waals surface area (Å²) in [5, 5.41) is 1.93. The molecule has 366 valence electrons. The van der Waals surface area contributed by atoms with Gasteiger partial charge in [0.05, 0.1) is 22.5 Å². The van der Waals surface area contributed by atoms with E-state index in [0.717, 1.165) is 11.4 Å². The van der Waals surface area contributed by atoms with E-state index >= 15 is 0 Å². The summed E-state index contributed by atoms with van der Waals surface area (Å²) < 4.78 is 76.6. The molecule has 66 heavy (non-hydrogen) atoms. The topological polar surface area (TPSA) is 182 Å². The molecular weight excluding hydrogens is 1360 g/mol. The fraction of sp³-hybridized carbons (Fsp3) is 0.0870. The molecule has 0 saturated carbocycles. The van der Waals surface area contributed by atoms with Gasteiger partial charge in [0, 0.05) is 44.8 Å². The molecule has 0 unspecified atom stereocenters. The van der Waals surface area contributed by atoms with Crippen molar-refractivity contribution in [3.05, 3.63) is 208 Å². The van der Waals surface area contributed by atoms with Crippen molar-refractivity contribution in [2.24, 2.45) is 9.98 Å². The molecule has 0 heterocycles. The third-order valence-electron chi connectivity index (χ3n) is 8.68. The Labute approximate surface area is 441 Å². The quantitative estimate of drug-likeness (QED) is 0.0288. The first kappa shape index (κ1) is 62.7. The van der Waals surface area contributed by atoms with Crippen LogP contribution in [-0.2, 0) is 52.9 Å². The van der Waals surface area contributed by atoms with E-state index in [1.54, 1.807) is 165 Å². The Morgan fingerprint density at radius 2 is 0.652 bits per heavy atom. The van der Waals surface area contributed by atoms with Gasteiger partial charge in [0.1, 0.15) is 0 Å². The van der Waals surface area contributed by atoms with Crippen molar-refractivity contribution >= 4 is 101 Å². The van der Waals surface area contributed by atoms with Gasteiger partial charge in [-0.05, 0) is 72.2 Å². The third-order valence-corrected chi connectivity index (χ3v) is 21.1. The van der Waals surface area contributed by atoms with Gasteiger partial charge in [-0.3, -0.25) is 0 Å². The molecule has 0 aliphatic heterocycles. The summed E-state index contributed by atoms with van der Waals surface area (Å²) in [7, 11) is -2.67. The van der Waals surface area contributed by atoms with E-state index in [9.17, 15) is 28.0 Å². The van der Waals surface area contributed by atoms with Crippen molar-refractivity contribution < 1.29 is 101 Å². The van der Waals surface area contributed by atoms with Gasteiger partial charge in [0.15, 0.2) is 0 Å². The van der Waals surface area contributed by atoms with E-state index in [1.165, 1.54) is 11.1 Å². The van der Waals surface area contributed by atoms with Crippen molar-refractivity contribution in [3.8, 4) is 0 Å². The van der Waals surface area contributed by atoms with Crippen molar-refractivity contribution in [2.45, 2.75) is 13.8 Å². The van der Waals surface area contributed by atoms with Gasteiger partial charge >= 0.3 is 239 Å². The van der Waals surface area contributed by atoms with Gasteiger partial charge in [-0.25, -0.2) is 9.98 Å². The van der Waals surface area contributed by atoms with Crippen molar-refractivity contribution in [3.63, 3.8) is 0 Å². The number of aryl methyl sites for hydroxylation is 2. The monoisotopic (exact) mass is 1410 g/mol. The first-order chi connectivity index (χ1) is 30.1. The average molecular weight is 1410 g/mol. The Bertz CT molecular complexity index is 2090. The van der Waals surface area contributed by atoms with E-state index in [-0.39, 0.29) is 44.8 Å². The van der Waals surface area contributed by atoms with Gasteiger partial charge in [-0.1, -0.05) is 57.0 Å². The van der Waals surface area contributed by atoms with Crippen LogP contribution in [0.25, 0.3) is 0 Å². The van der Waals surface area contributed by atoms with Crippen LogP contribution in [0.2, 0.25) is 0 Å². The molecular formula is C46H50Au2Cl2N2O8P2S4-4. The fourth-order valence-electron chi connectivity index (χ4n) is 5.47. The summed E-state index contributed by atoms with van der Waals surface area (Å²) >= 11 is 0. The molecule has 0 aliphatic rings. The molecule has 0 amide bonds. The van der Waals surface area contributed by atoms with E-state index in [2.05, 4.69) is 74.8 Å². The summed E-state index contributed by atoms with van der Waals surface area (Å²) in [5.41, 5.74) is 8.28. The van der Waals surface area contributed by atoms with Crippen LogP contribution in [0.3, 0.4) is 0 Å². The van der Waals surface area contributed by atoms with Crippen LogP contribution in [0.5, 0.6) is 0 Å². The minimum absolute atomic E-state index is 0. The molecule has 10 nitrogen and oxygen atoms in total. The summed E-state index contributed by atoms with van der Waals surface area (Å²) in [4.78, 5) is 8.51. The first-order valence-electron chi connectivity index (χ1n) is 18.6. The van der Waals surface area contributed by atoms with Crippen molar-refractivity contribution in [2.75, 3.05) is 12.5 Å². The number of benzene rings is 6. The number of aliphatic imine (C=N–C) groups is 2. The van der Waals surface area contributed by atoms with Gasteiger partial charge in [0.25, 0.3) is 0 Å². The number of hydrogen-bond acceptors (Lipinski definition) is 14. The molecule has 0 aromatic heterocycles. The van der Waals surface area contributed by atoms with Crippen LogP contribution in [0.1, 0.15) is 11.1 Å². The second-order valence-corrected chi connectivity index (χ2v) is 28.7. The Morgan fingerprint density at radius 3 is 0.848 bits per heavy atom. The van der Waals surface area contributed by atoms with Crippen molar-refractivity contribution in [1.29, 1.82) is 0 Å². The number of nitrogens with zero attached hydrogens (tertiary/aromatic N) is 2. The van der Waals surface area contributed by atoms with Gasteiger partial charge in [-0.15, -0.1) is 0 Å². The predicted octanol–water partition coefficient (Wildman–Crippen LogP) is 6.53. The van der Waals surface area contributed by atoms with Gasteiger partial charge in [0.2, 0.25) is 0 Å². The van der Waals surface area contributed by atoms with Crippen LogP contribution in [-0.4, -0.2) is 23.6 Å². The van der Waals surface area contributed by atoms with E-state index < -0.39 is 34.1 Å². The zero-order valence-corrected chi connectivity index (χ0v) is 47.1. The third kappa shape index (κ3) is 20.9. The molecule has 0 spiro atoms. The van der Waals surface area contributed by atoms with Crippen LogP contribution in [0.4, 0.5) is 11.4 Å². The van der Waals surface area contributed by atoms with Crippen molar-refractivity contribution in [1.82, 2.24) is 0 Å². The number of hydrogen-bond donors (Lipinski definition) is 0. The van der Waals surface area contributed by atoms with Crippen LogP contribution in [0, 0.1) is 61.0 Å². The SMILES string of the molecule is CSSC=Nc1ccc(C)cc1.CSSC=Nc1ccc(C)cc1.[Au].[Au].[CH2-]P([CH2-])(O[Cl+3]([O-])([O-])[O-])(c1ccccc1)c1ccccc1.[CH2-]P([CH2-])(O[Cl+3]([O-])([O-])[O-])(c1ccccc1)c1ccccc1. The van der Waals surface area contributed by atoms with E-state index in [0.29, 0.717) is 21.2 Å². The molecule has 0 bridgehead atoms. The molecule has 6 rings (SSSR count). The zero-order valence-electron chi connectivity index (χ0n) is 36.2. The average Bonchev–Trinajstić information content (AvgIpc) is 3.26.